The molecule has 4 nitrogen and oxygen atoms in total. The molecule has 1 aliphatic rings. The second-order valence-electron chi connectivity index (χ2n) is 3.53. The maximum atomic E-state index is 11.8. The Kier molecular flexibility index (Phi) is 4.24. The molecule has 1 saturated heterocycles. The van der Waals surface area contributed by atoms with E-state index >= 15 is 0 Å². The Labute approximate surface area is 90.3 Å². The number of rotatable bonds is 3. The van der Waals surface area contributed by atoms with Crippen molar-refractivity contribution in [2.45, 2.75) is 25.1 Å². The molecule has 0 aliphatic carbocycles. The first kappa shape index (κ1) is 12.3. The van der Waals surface area contributed by atoms with Crippen molar-refractivity contribution in [3.05, 3.63) is 0 Å². The Balaban J connectivity index is 2.76. The van der Waals surface area contributed by atoms with Crippen LogP contribution in [0, 0.1) is 0 Å². The third-order valence-electron chi connectivity index (χ3n) is 2.56. The van der Waals surface area contributed by atoms with Crippen LogP contribution in [0.4, 0.5) is 0 Å². The van der Waals surface area contributed by atoms with Crippen molar-refractivity contribution in [1.29, 1.82) is 0 Å². The molecule has 0 aromatic heterocycles. The largest absolute Gasteiger partial charge is 0.329 e. The lowest BCUT2D eigenvalue weighted by molar-refractivity contribution is 0.340. The van der Waals surface area contributed by atoms with Crippen LogP contribution < -0.4 is 5.73 Å². The zero-order valence-electron chi connectivity index (χ0n) is 8.64. The predicted molar refractivity (Wildman–Crippen MR) is 60.9 cm³/mol. The Morgan fingerprint density at radius 2 is 2.14 bits per heavy atom. The number of hydrogen-bond donors (Lipinski definition) is 1. The van der Waals surface area contributed by atoms with Gasteiger partial charge in [-0.1, -0.05) is 6.92 Å². The van der Waals surface area contributed by atoms with Gasteiger partial charge in [-0.15, -0.1) is 0 Å². The number of nitrogens with zero attached hydrogens (tertiary/aromatic N) is 1. The van der Waals surface area contributed by atoms with E-state index < -0.39 is 10.0 Å². The van der Waals surface area contributed by atoms with Crippen LogP contribution >= 0.6 is 11.8 Å². The summed E-state index contributed by atoms with van der Waals surface area (Å²) in [5, 5.41) is 0.372. The summed E-state index contributed by atoms with van der Waals surface area (Å²) < 4.78 is 25.2. The van der Waals surface area contributed by atoms with Crippen LogP contribution in [0.1, 0.15) is 13.8 Å². The molecule has 0 saturated carbocycles. The molecule has 0 spiro atoms. The van der Waals surface area contributed by atoms with Gasteiger partial charge in [0, 0.05) is 30.1 Å². The first-order valence-corrected chi connectivity index (χ1v) is 7.46. The zero-order chi connectivity index (χ0) is 10.8. The summed E-state index contributed by atoms with van der Waals surface area (Å²) >= 11 is 1.83. The van der Waals surface area contributed by atoms with E-state index in [4.69, 9.17) is 5.73 Å². The van der Waals surface area contributed by atoms with E-state index in [0.29, 0.717) is 11.8 Å². The molecular formula is C8H18N2O2S2. The quantitative estimate of drug-likeness (QED) is 0.757. The van der Waals surface area contributed by atoms with Crippen molar-refractivity contribution < 1.29 is 8.42 Å². The smallest absolute Gasteiger partial charge is 0.215 e. The fraction of sp³-hybridized carbons (Fsp3) is 1.00. The average molecular weight is 238 g/mol. The van der Waals surface area contributed by atoms with Gasteiger partial charge in [-0.05, 0) is 6.92 Å². The highest BCUT2D eigenvalue weighted by Gasteiger charge is 2.32. The minimum Gasteiger partial charge on any atom is -0.329 e. The Bertz CT molecular complexity index is 279. The van der Waals surface area contributed by atoms with Gasteiger partial charge in [0.25, 0.3) is 0 Å². The van der Waals surface area contributed by atoms with E-state index in [0.717, 1.165) is 5.75 Å². The van der Waals surface area contributed by atoms with Gasteiger partial charge in [-0.25, -0.2) is 8.42 Å². The summed E-state index contributed by atoms with van der Waals surface area (Å²) in [5.74, 6) is 0.948. The molecule has 0 amide bonds. The van der Waals surface area contributed by atoms with Crippen LogP contribution in [-0.4, -0.2) is 48.6 Å². The Morgan fingerprint density at radius 1 is 1.50 bits per heavy atom. The maximum Gasteiger partial charge on any atom is 0.215 e. The van der Waals surface area contributed by atoms with Crippen LogP contribution in [0.2, 0.25) is 0 Å². The molecule has 0 aromatic rings. The first-order valence-electron chi connectivity index (χ1n) is 4.80. The molecule has 2 N–H and O–H groups in total. The average Bonchev–Trinajstić information content (AvgIpc) is 2.09. The van der Waals surface area contributed by atoms with E-state index in [9.17, 15) is 8.42 Å². The van der Waals surface area contributed by atoms with Crippen LogP contribution in [-0.2, 0) is 10.0 Å². The van der Waals surface area contributed by atoms with Crippen molar-refractivity contribution >= 4 is 21.8 Å². The van der Waals surface area contributed by atoms with Gasteiger partial charge in [-0.2, -0.15) is 16.1 Å². The second kappa shape index (κ2) is 4.83. The standard InChI is InChI=1S/C8H18N2O2S2/c1-7-8(2)13-5-4-10(7)14(11,12)6-3-9/h7-8H,3-6,9H2,1-2H3. The highest BCUT2D eigenvalue weighted by atomic mass is 32.2. The molecule has 0 aromatic carbocycles. The summed E-state index contributed by atoms with van der Waals surface area (Å²) in [6, 6.07) is 0.0882. The van der Waals surface area contributed by atoms with E-state index in [-0.39, 0.29) is 18.3 Å². The van der Waals surface area contributed by atoms with Crippen molar-refractivity contribution in [2.24, 2.45) is 5.73 Å². The summed E-state index contributed by atoms with van der Waals surface area (Å²) in [6.07, 6.45) is 0. The SMILES string of the molecule is CC1SCCN(S(=O)(=O)CCN)C1C. The van der Waals surface area contributed by atoms with Crippen molar-refractivity contribution in [2.75, 3.05) is 24.6 Å². The molecule has 2 unspecified atom stereocenters. The lowest BCUT2D eigenvalue weighted by atomic mass is 10.2. The van der Waals surface area contributed by atoms with Crippen molar-refractivity contribution in [3.63, 3.8) is 0 Å². The highest BCUT2D eigenvalue weighted by Crippen LogP contribution is 2.26. The topological polar surface area (TPSA) is 63.4 Å². The van der Waals surface area contributed by atoms with Gasteiger partial charge < -0.3 is 5.73 Å². The van der Waals surface area contributed by atoms with Gasteiger partial charge >= 0.3 is 0 Å². The number of sulfonamides is 1. The highest BCUT2D eigenvalue weighted by molar-refractivity contribution is 8.00. The zero-order valence-corrected chi connectivity index (χ0v) is 10.3. The van der Waals surface area contributed by atoms with Crippen LogP contribution in [0.5, 0.6) is 0 Å². The van der Waals surface area contributed by atoms with Crippen LogP contribution in [0.3, 0.4) is 0 Å². The number of nitrogens with two attached hydrogens (primary N) is 1. The first-order chi connectivity index (χ1) is 6.49. The maximum absolute atomic E-state index is 11.8. The van der Waals surface area contributed by atoms with Gasteiger partial charge in [0.2, 0.25) is 10.0 Å². The Hall–Kier alpha value is 0.220. The molecule has 1 heterocycles. The third-order valence-corrected chi connectivity index (χ3v) is 5.88. The van der Waals surface area contributed by atoms with E-state index in [1.54, 1.807) is 4.31 Å². The molecule has 1 rings (SSSR count). The van der Waals surface area contributed by atoms with Crippen LogP contribution in [0.25, 0.3) is 0 Å². The van der Waals surface area contributed by atoms with Gasteiger partial charge in [0.1, 0.15) is 0 Å². The molecule has 1 aliphatic heterocycles. The van der Waals surface area contributed by atoms with E-state index in [2.05, 4.69) is 6.92 Å². The lowest BCUT2D eigenvalue weighted by Gasteiger charge is -2.36. The molecule has 0 bridgehead atoms. The summed E-state index contributed by atoms with van der Waals surface area (Å²) in [7, 11) is -3.12. The summed E-state index contributed by atoms with van der Waals surface area (Å²) in [4.78, 5) is 0. The van der Waals surface area contributed by atoms with Gasteiger partial charge in [-0.3, -0.25) is 0 Å². The normalized spacial score (nSPS) is 30.5. The summed E-state index contributed by atoms with van der Waals surface area (Å²) in [5.41, 5.74) is 5.29. The van der Waals surface area contributed by atoms with Crippen LogP contribution in [0.15, 0.2) is 0 Å². The minimum absolute atomic E-state index is 0.0642. The number of hydrogen-bond acceptors (Lipinski definition) is 4. The second-order valence-corrected chi connectivity index (χ2v) is 7.06. The Morgan fingerprint density at radius 3 is 2.71 bits per heavy atom. The molecule has 6 heteroatoms. The monoisotopic (exact) mass is 238 g/mol. The molecule has 14 heavy (non-hydrogen) atoms. The molecule has 1 fully saturated rings. The van der Waals surface area contributed by atoms with Gasteiger partial charge in [0.05, 0.1) is 5.75 Å². The molecule has 0 radical (unpaired) electrons. The minimum atomic E-state index is -3.12. The third kappa shape index (κ3) is 2.62. The van der Waals surface area contributed by atoms with Crippen molar-refractivity contribution in [3.8, 4) is 0 Å². The lowest BCUT2D eigenvalue weighted by Crippen LogP contribution is -2.49. The summed E-state index contributed by atoms with van der Waals surface area (Å²) in [6.45, 7) is 4.86. The fourth-order valence-electron chi connectivity index (χ4n) is 1.56. The van der Waals surface area contributed by atoms with E-state index in [1.807, 2.05) is 18.7 Å². The predicted octanol–water partition coefficient (Wildman–Crippen LogP) is 0.101. The van der Waals surface area contributed by atoms with Crippen molar-refractivity contribution in [1.82, 2.24) is 4.31 Å². The number of thioether (sulfide) groups is 1. The van der Waals surface area contributed by atoms with Gasteiger partial charge in [0.15, 0.2) is 0 Å². The molecule has 2 atom stereocenters. The fourth-order valence-corrected chi connectivity index (χ4v) is 4.45. The molecular weight excluding hydrogens is 220 g/mol. The van der Waals surface area contributed by atoms with E-state index in [1.165, 1.54) is 0 Å². The molecule has 84 valence electrons.